The number of benzene rings is 1. The molecule has 0 amide bonds. The molecule has 1 unspecified atom stereocenters. The van der Waals surface area contributed by atoms with Gasteiger partial charge in [-0.3, -0.25) is 24.8 Å². The molecule has 31 heavy (non-hydrogen) atoms. The Bertz CT molecular complexity index is 955. The smallest absolute Gasteiger partial charge is 0.319 e. The van der Waals surface area contributed by atoms with Gasteiger partial charge < -0.3 is 9.47 Å². The van der Waals surface area contributed by atoms with Crippen LogP contribution in [0.15, 0.2) is 36.5 Å². The third-order valence-electron chi connectivity index (χ3n) is 4.84. The lowest BCUT2D eigenvalue weighted by Crippen LogP contribution is -2.35. The van der Waals surface area contributed by atoms with Crippen molar-refractivity contribution < 1.29 is 19.2 Å². The third kappa shape index (κ3) is 5.98. The van der Waals surface area contributed by atoms with Crippen molar-refractivity contribution in [3.63, 3.8) is 0 Å². The number of nitro benzene ring substituents is 1. The molecule has 1 aromatic heterocycles. The number of esters is 1. The van der Waals surface area contributed by atoms with Crippen LogP contribution in [0.4, 0.5) is 5.69 Å². The first-order valence-corrected chi connectivity index (χ1v) is 9.63. The standard InChI is InChI=1S/C21H22N4O5.ClH/c1-2-30-21(26)20(17-11-15(12-22)4-6-19(17)25(27)28)18-5-3-16(13-23-18)14-24-7-9-29-10-8-24;/h3-6,11,13,20H,2,7-10,14H2,1H3;1H. The molecule has 2 aromatic rings. The Balaban J connectivity index is 0.00000341. The lowest BCUT2D eigenvalue weighted by atomic mass is 9.92. The Hall–Kier alpha value is -3.06. The number of rotatable bonds is 7. The Morgan fingerprint density at radius 1 is 1.35 bits per heavy atom. The van der Waals surface area contributed by atoms with Crippen molar-refractivity contribution >= 4 is 24.1 Å². The summed E-state index contributed by atoms with van der Waals surface area (Å²) in [4.78, 5) is 30.4. The van der Waals surface area contributed by atoms with E-state index < -0.39 is 16.8 Å². The highest BCUT2D eigenvalue weighted by Crippen LogP contribution is 2.33. The minimum absolute atomic E-state index is 0. The average molecular weight is 447 g/mol. The summed E-state index contributed by atoms with van der Waals surface area (Å²) in [5, 5.41) is 20.8. The predicted molar refractivity (Wildman–Crippen MR) is 114 cm³/mol. The van der Waals surface area contributed by atoms with E-state index in [-0.39, 0.29) is 35.8 Å². The quantitative estimate of drug-likeness (QED) is 0.362. The van der Waals surface area contributed by atoms with E-state index in [0.717, 1.165) is 18.7 Å². The van der Waals surface area contributed by atoms with Crippen LogP contribution in [0.5, 0.6) is 0 Å². The molecule has 1 atom stereocenters. The number of nitrogens with zero attached hydrogens (tertiary/aromatic N) is 4. The van der Waals surface area contributed by atoms with E-state index >= 15 is 0 Å². The Labute approximate surface area is 186 Å². The summed E-state index contributed by atoms with van der Waals surface area (Å²) in [6, 6.07) is 9.42. The minimum Gasteiger partial charge on any atom is -0.465 e. The number of carbonyl (C=O) groups excluding carboxylic acids is 1. The van der Waals surface area contributed by atoms with Crippen molar-refractivity contribution in [1.82, 2.24) is 9.88 Å². The maximum atomic E-state index is 12.7. The number of hydrogen-bond acceptors (Lipinski definition) is 8. The average Bonchev–Trinajstić information content (AvgIpc) is 2.76. The van der Waals surface area contributed by atoms with Gasteiger partial charge in [0.25, 0.3) is 5.69 Å². The van der Waals surface area contributed by atoms with Crippen molar-refractivity contribution in [2.45, 2.75) is 19.4 Å². The van der Waals surface area contributed by atoms with E-state index in [1.165, 1.54) is 18.2 Å². The topological polar surface area (TPSA) is 119 Å². The number of ether oxygens (including phenoxy) is 2. The number of pyridine rings is 1. The zero-order valence-electron chi connectivity index (χ0n) is 17.0. The van der Waals surface area contributed by atoms with E-state index in [0.29, 0.717) is 25.5 Å². The van der Waals surface area contributed by atoms with E-state index in [2.05, 4.69) is 9.88 Å². The van der Waals surface area contributed by atoms with Gasteiger partial charge in [-0.05, 0) is 30.7 Å². The molecule has 1 aliphatic rings. The van der Waals surface area contributed by atoms with Gasteiger partial charge in [-0.25, -0.2) is 0 Å². The Morgan fingerprint density at radius 3 is 2.68 bits per heavy atom. The van der Waals surface area contributed by atoms with Crippen LogP contribution in [-0.4, -0.2) is 53.7 Å². The zero-order chi connectivity index (χ0) is 21.5. The predicted octanol–water partition coefficient (Wildman–Crippen LogP) is 2.81. The molecule has 10 heteroatoms. The fourth-order valence-electron chi connectivity index (χ4n) is 3.37. The van der Waals surface area contributed by atoms with Gasteiger partial charge in [0.05, 0.1) is 47.6 Å². The van der Waals surface area contributed by atoms with Crippen molar-refractivity contribution in [3.05, 3.63) is 69.0 Å². The van der Waals surface area contributed by atoms with E-state index in [9.17, 15) is 20.2 Å². The Kier molecular flexibility index (Phi) is 8.88. The molecular formula is C21H23ClN4O5. The molecule has 0 spiro atoms. The highest BCUT2D eigenvalue weighted by Gasteiger charge is 2.32. The normalized spacial score (nSPS) is 14.7. The van der Waals surface area contributed by atoms with Crippen LogP contribution in [0.1, 0.15) is 35.2 Å². The second kappa shape index (κ2) is 11.4. The fourth-order valence-corrected chi connectivity index (χ4v) is 3.37. The molecule has 1 aliphatic heterocycles. The monoisotopic (exact) mass is 446 g/mol. The van der Waals surface area contributed by atoms with Gasteiger partial charge in [-0.15, -0.1) is 12.4 Å². The summed E-state index contributed by atoms with van der Waals surface area (Å²) in [6.07, 6.45) is 1.66. The number of morpholine rings is 1. The first-order chi connectivity index (χ1) is 14.5. The summed E-state index contributed by atoms with van der Waals surface area (Å²) in [5.41, 5.74) is 1.34. The second-order valence-electron chi connectivity index (χ2n) is 6.81. The van der Waals surface area contributed by atoms with Crippen LogP contribution in [0.2, 0.25) is 0 Å². The van der Waals surface area contributed by atoms with Gasteiger partial charge in [0.2, 0.25) is 0 Å². The Morgan fingerprint density at radius 2 is 2.10 bits per heavy atom. The fraction of sp³-hybridized carbons (Fsp3) is 0.381. The summed E-state index contributed by atoms with van der Waals surface area (Å²) in [5.74, 6) is -1.75. The molecule has 2 heterocycles. The summed E-state index contributed by atoms with van der Waals surface area (Å²) in [6.45, 7) is 5.53. The number of aromatic nitrogens is 1. The molecule has 0 N–H and O–H groups in total. The van der Waals surface area contributed by atoms with Crippen LogP contribution in [-0.2, 0) is 20.8 Å². The van der Waals surface area contributed by atoms with Gasteiger partial charge in [0.1, 0.15) is 5.92 Å². The molecule has 3 rings (SSSR count). The van der Waals surface area contributed by atoms with E-state index in [1.54, 1.807) is 19.2 Å². The summed E-state index contributed by atoms with van der Waals surface area (Å²) in [7, 11) is 0. The highest BCUT2D eigenvalue weighted by atomic mass is 35.5. The second-order valence-corrected chi connectivity index (χ2v) is 6.81. The van der Waals surface area contributed by atoms with Gasteiger partial charge in [-0.1, -0.05) is 6.07 Å². The largest absolute Gasteiger partial charge is 0.465 e. The molecule has 0 saturated carbocycles. The molecule has 0 radical (unpaired) electrons. The first-order valence-electron chi connectivity index (χ1n) is 9.63. The van der Waals surface area contributed by atoms with Crippen molar-refractivity contribution in [3.8, 4) is 6.07 Å². The SMILES string of the molecule is CCOC(=O)C(c1ccc(CN2CCOCC2)cn1)c1cc(C#N)ccc1[N+](=O)[O-].Cl. The highest BCUT2D eigenvalue weighted by molar-refractivity contribution is 5.85. The van der Waals surface area contributed by atoms with Crippen LogP contribution >= 0.6 is 12.4 Å². The lowest BCUT2D eigenvalue weighted by molar-refractivity contribution is -0.385. The maximum absolute atomic E-state index is 12.7. The van der Waals surface area contributed by atoms with Gasteiger partial charge >= 0.3 is 5.97 Å². The van der Waals surface area contributed by atoms with E-state index in [4.69, 9.17) is 9.47 Å². The lowest BCUT2D eigenvalue weighted by Gasteiger charge is -2.26. The molecular weight excluding hydrogens is 424 g/mol. The zero-order valence-corrected chi connectivity index (χ0v) is 17.8. The minimum atomic E-state index is -1.10. The maximum Gasteiger partial charge on any atom is 0.319 e. The number of hydrogen-bond donors (Lipinski definition) is 0. The van der Waals surface area contributed by atoms with Crippen LogP contribution < -0.4 is 0 Å². The molecule has 0 aliphatic carbocycles. The number of carbonyl (C=O) groups is 1. The molecule has 1 aromatic carbocycles. The summed E-state index contributed by atoms with van der Waals surface area (Å²) < 4.78 is 10.5. The molecule has 0 bridgehead atoms. The van der Waals surface area contributed by atoms with Crippen molar-refractivity contribution in [2.24, 2.45) is 0 Å². The van der Waals surface area contributed by atoms with Gasteiger partial charge in [0, 0.05) is 31.9 Å². The van der Waals surface area contributed by atoms with Gasteiger partial charge in [0.15, 0.2) is 0 Å². The van der Waals surface area contributed by atoms with E-state index in [1.807, 2.05) is 12.1 Å². The van der Waals surface area contributed by atoms with Crippen LogP contribution in [0.3, 0.4) is 0 Å². The van der Waals surface area contributed by atoms with Crippen molar-refractivity contribution in [1.29, 1.82) is 5.26 Å². The number of nitro groups is 1. The molecule has 164 valence electrons. The molecule has 9 nitrogen and oxygen atoms in total. The molecule has 1 fully saturated rings. The third-order valence-corrected chi connectivity index (χ3v) is 4.84. The number of halogens is 1. The van der Waals surface area contributed by atoms with Crippen LogP contribution in [0, 0.1) is 21.4 Å². The van der Waals surface area contributed by atoms with Gasteiger partial charge in [-0.2, -0.15) is 5.26 Å². The molecule has 1 saturated heterocycles. The van der Waals surface area contributed by atoms with Crippen molar-refractivity contribution in [2.75, 3.05) is 32.9 Å². The first kappa shape index (κ1) is 24.2. The van der Waals surface area contributed by atoms with Crippen LogP contribution in [0.25, 0.3) is 0 Å². The summed E-state index contributed by atoms with van der Waals surface area (Å²) >= 11 is 0. The number of nitriles is 1.